The zero-order valence-electron chi connectivity index (χ0n) is 11.3. The summed E-state index contributed by atoms with van der Waals surface area (Å²) in [5.41, 5.74) is 0.742. The second-order valence-corrected chi connectivity index (χ2v) is 4.54. The molecular weight excluding hydrogens is 248 g/mol. The Labute approximate surface area is 112 Å². The molecule has 1 aromatic carbocycles. The van der Waals surface area contributed by atoms with Gasteiger partial charge in [0.15, 0.2) is 0 Å². The van der Waals surface area contributed by atoms with Crippen molar-refractivity contribution in [1.82, 2.24) is 4.90 Å². The third kappa shape index (κ3) is 5.05. The summed E-state index contributed by atoms with van der Waals surface area (Å²) in [4.78, 5) is 23.4. The van der Waals surface area contributed by atoms with E-state index in [0.717, 1.165) is 5.56 Å². The number of amides is 1. The average molecular weight is 266 g/mol. The molecule has 0 fully saturated rings. The molecule has 1 aromatic rings. The van der Waals surface area contributed by atoms with Gasteiger partial charge in [0, 0.05) is 25.7 Å². The molecule has 1 amide bonds. The van der Waals surface area contributed by atoms with Crippen molar-refractivity contribution in [3.63, 3.8) is 0 Å². The number of hydrogen-bond donors (Lipinski definition) is 0. The lowest BCUT2D eigenvalue weighted by molar-refractivity contribution is -0.384. The summed E-state index contributed by atoms with van der Waals surface area (Å²) in [6, 6.07) is 6.25. The van der Waals surface area contributed by atoms with Gasteiger partial charge in [-0.25, -0.2) is 0 Å². The maximum absolute atomic E-state index is 11.7. The summed E-state index contributed by atoms with van der Waals surface area (Å²) in [5.74, 6) is -0.153. The average Bonchev–Trinajstić information content (AvgIpc) is 2.36. The minimum absolute atomic E-state index is 0.00448. The Balaban J connectivity index is 2.61. The fourth-order valence-electron chi connectivity index (χ4n) is 1.48. The number of carbonyl (C=O) groups excluding carboxylic acids is 1. The van der Waals surface area contributed by atoms with E-state index in [1.807, 2.05) is 13.8 Å². The molecule has 0 atom stereocenters. The molecular formula is C13H18N2O4. The summed E-state index contributed by atoms with van der Waals surface area (Å²) >= 11 is 0. The highest BCUT2D eigenvalue weighted by atomic mass is 16.6. The van der Waals surface area contributed by atoms with Crippen LogP contribution >= 0.6 is 0 Å². The van der Waals surface area contributed by atoms with E-state index in [2.05, 4.69) is 0 Å². The van der Waals surface area contributed by atoms with Gasteiger partial charge in [-0.1, -0.05) is 12.1 Å². The number of benzene rings is 1. The van der Waals surface area contributed by atoms with Gasteiger partial charge in [-0.15, -0.1) is 0 Å². The maximum Gasteiger partial charge on any atom is 0.269 e. The van der Waals surface area contributed by atoms with Crippen molar-refractivity contribution in [2.24, 2.45) is 0 Å². The lowest BCUT2D eigenvalue weighted by Gasteiger charge is -2.18. The van der Waals surface area contributed by atoms with Gasteiger partial charge in [-0.2, -0.15) is 0 Å². The van der Waals surface area contributed by atoms with Crippen LogP contribution in [-0.2, 0) is 16.1 Å². The van der Waals surface area contributed by atoms with Gasteiger partial charge in [0.2, 0.25) is 5.91 Å². The molecule has 1 rings (SSSR count). The van der Waals surface area contributed by atoms with E-state index in [0.29, 0.717) is 6.54 Å². The Bertz CT molecular complexity index is 460. The summed E-state index contributed by atoms with van der Waals surface area (Å²) < 4.78 is 5.22. The fraction of sp³-hybridized carbons (Fsp3) is 0.462. The standard InChI is InChI=1S/C13H18N2O4/c1-10(2)19-9-13(16)14(3)8-11-5-4-6-12(7-11)15(17)18/h4-7,10H,8-9H2,1-3H3. The van der Waals surface area contributed by atoms with E-state index in [4.69, 9.17) is 4.74 Å². The number of ether oxygens (including phenoxy) is 1. The van der Waals surface area contributed by atoms with Crippen LogP contribution < -0.4 is 0 Å². The first-order chi connectivity index (χ1) is 8.90. The number of carbonyl (C=O) groups is 1. The molecule has 19 heavy (non-hydrogen) atoms. The Morgan fingerprint density at radius 2 is 2.16 bits per heavy atom. The summed E-state index contributed by atoms with van der Waals surface area (Å²) in [7, 11) is 1.64. The molecule has 0 aliphatic carbocycles. The highest BCUT2D eigenvalue weighted by Gasteiger charge is 2.12. The van der Waals surface area contributed by atoms with Crippen LogP contribution in [0.3, 0.4) is 0 Å². The van der Waals surface area contributed by atoms with Gasteiger partial charge in [0.1, 0.15) is 6.61 Å². The number of nitro groups is 1. The molecule has 0 spiro atoms. The second-order valence-electron chi connectivity index (χ2n) is 4.54. The van der Waals surface area contributed by atoms with Crippen LogP contribution in [0.1, 0.15) is 19.4 Å². The van der Waals surface area contributed by atoms with Crippen molar-refractivity contribution in [1.29, 1.82) is 0 Å². The Morgan fingerprint density at radius 3 is 2.74 bits per heavy atom. The van der Waals surface area contributed by atoms with Gasteiger partial charge in [-0.3, -0.25) is 14.9 Å². The number of likely N-dealkylation sites (N-methyl/N-ethyl adjacent to an activating group) is 1. The van der Waals surface area contributed by atoms with E-state index in [9.17, 15) is 14.9 Å². The quantitative estimate of drug-likeness (QED) is 0.583. The van der Waals surface area contributed by atoms with Crippen molar-refractivity contribution >= 4 is 11.6 Å². The van der Waals surface area contributed by atoms with E-state index >= 15 is 0 Å². The minimum atomic E-state index is -0.451. The second kappa shape index (κ2) is 6.84. The normalized spacial score (nSPS) is 10.5. The third-order valence-electron chi connectivity index (χ3n) is 2.51. The van der Waals surface area contributed by atoms with Gasteiger partial charge < -0.3 is 9.64 Å². The molecule has 0 aromatic heterocycles. The molecule has 104 valence electrons. The Kier molecular flexibility index (Phi) is 5.44. The van der Waals surface area contributed by atoms with Crippen LogP contribution in [0.5, 0.6) is 0 Å². The van der Waals surface area contributed by atoms with Crippen LogP contribution in [0.15, 0.2) is 24.3 Å². The topological polar surface area (TPSA) is 72.7 Å². The number of nitrogens with zero attached hydrogens (tertiary/aromatic N) is 2. The van der Waals surface area contributed by atoms with Gasteiger partial charge in [0.05, 0.1) is 11.0 Å². The minimum Gasteiger partial charge on any atom is -0.369 e. The van der Waals surface area contributed by atoms with E-state index in [1.54, 1.807) is 19.2 Å². The first-order valence-corrected chi connectivity index (χ1v) is 5.99. The van der Waals surface area contributed by atoms with Crippen molar-refractivity contribution in [2.45, 2.75) is 26.5 Å². The fourth-order valence-corrected chi connectivity index (χ4v) is 1.48. The largest absolute Gasteiger partial charge is 0.369 e. The first-order valence-electron chi connectivity index (χ1n) is 5.99. The zero-order valence-corrected chi connectivity index (χ0v) is 11.3. The predicted molar refractivity (Wildman–Crippen MR) is 70.7 cm³/mol. The highest BCUT2D eigenvalue weighted by Crippen LogP contribution is 2.14. The third-order valence-corrected chi connectivity index (χ3v) is 2.51. The summed E-state index contributed by atoms with van der Waals surface area (Å²) in [5, 5.41) is 10.7. The van der Waals surface area contributed by atoms with Gasteiger partial charge in [-0.05, 0) is 19.4 Å². The van der Waals surface area contributed by atoms with Crippen molar-refractivity contribution in [3.8, 4) is 0 Å². The van der Waals surface area contributed by atoms with Gasteiger partial charge >= 0.3 is 0 Å². The maximum atomic E-state index is 11.7. The monoisotopic (exact) mass is 266 g/mol. The van der Waals surface area contributed by atoms with Crippen LogP contribution in [-0.4, -0.2) is 35.5 Å². The molecule has 0 saturated carbocycles. The Morgan fingerprint density at radius 1 is 1.47 bits per heavy atom. The molecule has 0 aliphatic rings. The molecule has 0 bridgehead atoms. The van der Waals surface area contributed by atoms with Crippen molar-refractivity contribution in [3.05, 3.63) is 39.9 Å². The molecule has 0 aliphatic heterocycles. The first kappa shape index (κ1) is 15.1. The Hall–Kier alpha value is -1.95. The predicted octanol–water partition coefficient (Wildman–Crippen LogP) is 1.98. The van der Waals surface area contributed by atoms with E-state index in [-0.39, 0.29) is 24.3 Å². The number of non-ortho nitro benzene ring substituents is 1. The van der Waals surface area contributed by atoms with E-state index < -0.39 is 4.92 Å². The number of hydrogen-bond acceptors (Lipinski definition) is 4. The zero-order chi connectivity index (χ0) is 14.4. The number of nitro benzene ring substituents is 1. The summed E-state index contributed by atoms with van der Waals surface area (Å²) in [6.45, 7) is 4.05. The molecule has 0 saturated heterocycles. The lowest BCUT2D eigenvalue weighted by Crippen LogP contribution is -2.30. The molecule has 0 unspecified atom stereocenters. The molecule has 6 nitrogen and oxygen atoms in total. The van der Waals surface area contributed by atoms with Crippen molar-refractivity contribution in [2.75, 3.05) is 13.7 Å². The molecule has 6 heteroatoms. The van der Waals surface area contributed by atoms with E-state index in [1.165, 1.54) is 17.0 Å². The van der Waals surface area contributed by atoms with Crippen LogP contribution in [0.4, 0.5) is 5.69 Å². The molecule has 0 N–H and O–H groups in total. The highest BCUT2D eigenvalue weighted by molar-refractivity contribution is 5.77. The van der Waals surface area contributed by atoms with Crippen LogP contribution in [0.25, 0.3) is 0 Å². The van der Waals surface area contributed by atoms with Crippen LogP contribution in [0, 0.1) is 10.1 Å². The van der Waals surface area contributed by atoms with Crippen molar-refractivity contribution < 1.29 is 14.5 Å². The SMILES string of the molecule is CC(C)OCC(=O)N(C)Cc1cccc([N+](=O)[O-])c1. The molecule has 0 heterocycles. The smallest absolute Gasteiger partial charge is 0.269 e. The lowest BCUT2D eigenvalue weighted by atomic mass is 10.2. The molecule has 0 radical (unpaired) electrons. The van der Waals surface area contributed by atoms with Crippen LogP contribution in [0.2, 0.25) is 0 Å². The number of rotatable bonds is 6. The van der Waals surface area contributed by atoms with Gasteiger partial charge in [0.25, 0.3) is 5.69 Å². The summed E-state index contributed by atoms with van der Waals surface area (Å²) in [6.07, 6.45) is -0.00448.